The van der Waals surface area contributed by atoms with E-state index in [1.54, 1.807) is 6.92 Å². The highest BCUT2D eigenvalue weighted by Crippen LogP contribution is 2.32. The molecule has 0 heterocycles. The van der Waals surface area contributed by atoms with Gasteiger partial charge in [0.2, 0.25) is 0 Å². The summed E-state index contributed by atoms with van der Waals surface area (Å²) in [6, 6.07) is 1.88. The largest absolute Gasteiger partial charge is 0.419 e. The molecule has 1 rings (SSSR count). The van der Waals surface area contributed by atoms with Gasteiger partial charge in [-0.1, -0.05) is 0 Å². The Labute approximate surface area is 114 Å². The van der Waals surface area contributed by atoms with Crippen LogP contribution in [0.2, 0.25) is 0 Å². The fourth-order valence-electron chi connectivity index (χ4n) is 1.63. The first-order valence-corrected chi connectivity index (χ1v) is 5.81. The molecular weight excluding hydrogens is 278 g/mol. The smallest absolute Gasteiger partial charge is 0.383 e. The molecule has 0 saturated carbocycles. The molecular formula is C13H15F4NO2. The Bertz CT molecular complexity index is 488. The summed E-state index contributed by atoms with van der Waals surface area (Å²) in [5.74, 6) is -2.03. The van der Waals surface area contributed by atoms with E-state index in [1.165, 1.54) is 19.1 Å². The Hall–Kier alpha value is -1.63. The maximum atomic E-state index is 13.1. The van der Waals surface area contributed by atoms with Gasteiger partial charge in [-0.25, -0.2) is 4.39 Å². The second-order valence-electron chi connectivity index (χ2n) is 4.41. The first kappa shape index (κ1) is 16.4. The van der Waals surface area contributed by atoms with Crippen LogP contribution in [-0.4, -0.2) is 37.6 Å². The first-order valence-electron chi connectivity index (χ1n) is 5.81. The van der Waals surface area contributed by atoms with Gasteiger partial charge in [-0.15, -0.1) is 0 Å². The maximum Gasteiger partial charge on any atom is 0.419 e. The predicted molar refractivity (Wildman–Crippen MR) is 64.8 cm³/mol. The molecule has 0 N–H and O–H groups in total. The number of carbonyl (C=O) groups excluding carboxylic acids is 1. The number of ether oxygens (including phenoxy) is 1. The van der Waals surface area contributed by atoms with Crippen molar-refractivity contribution in [2.45, 2.75) is 19.1 Å². The average Bonchev–Trinajstić information content (AvgIpc) is 2.36. The van der Waals surface area contributed by atoms with E-state index in [4.69, 9.17) is 4.74 Å². The number of rotatable bonds is 4. The summed E-state index contributed by atoms with van der Waals surface area (Å²) in [7, 11) is 2.90. The van der Waals surface area contributed by atoms with Gasteiger partial charge in [0.1, 0.15) is 5.82 Å². The minimum atomic E-state index is -4.84. The fraction of sp³-hybridized carbons (Fsp3) is 0.462. The number of likely N-dealkylation sites (N-methyl/N-ethyl adjacent to an activating group) is 1. The lowest BCUT2D eigenvalue weighted by molar-refractivity contribution is -0.140. The van der Waals surface area contributed by atoms with Gasteiger partial charge in [0.25, 0.3) is 5.91 Å². The normalized spacial score (nSPS) is 13.2. The molecule has 1 unspecified atom stereocenters. The fourth-order valence-corrected chi connectivity index (χ4v) is 1.63. The summed E-state index contributed by atoms with van der Waals surface area (Å²) in [4.78, 5) is 13.3. The second-order valence-corrected chi connectivity index (χ2v) is 4.41. The highest BCUT2D eigenvalue weighted by atomic mass is 19.4. The maximum absolute atomic E-state index is 13.1. The van der Waals surface area contributed by atoms with Crippen molar-refractivity contribution in [3.05, 3.63) is 35.1 Å². The van der Waals surface area contributed by atoms with Crippen LogP contribution < -0.4 is 0 Å². The molecule has 0 bridgehead atoms. The first-order chi connectivity index (χ1) is 9.18. The van der Waals surface area contributed by atoms with Crippen LogP contribution in [0, 0.1) is 5.82 Å². The second kappa shape index (κ2) is 6.21. The van der Waals surface area contributed by atoms with Crippen molar-refractivity contribution >= 4 is 5.91 Å². The molecule has 112 valence electrons. The van der Waals surface area contributed by atoms with E-state index in [-0.39, 0.29) is 18.2 Å². The number of hydrogen-bond donors (Lipinski definition) is 0. The molecule has 0 fully saturated rings. The van der Waals surface area contributed by atoms with E-state index in [9.17, 15) is 22.4 Å². The Morgan fingerprint density at radius 1 is 1.40 bits per heavy atom. The van der Waals surface area contributed by atoms with Crippen molar-refractivity contribution in [3.63, 3.8) is 0 Å². The molecule has 1 amide bonds. The minimum Gasteiger partial charge on any atom is -0.383 e. The predicted octanol–water partition coefficient (Wildman–Crippen LogP) is 2.95. The van der Waals surface area contributed by atoms with Crippen molar-refractivity contribution < 1.29 is 27.1 Å². The zero-order chi connectivity index (χ0) is 15.5. The molecule has 0 aliphatic carbocycles. The monoisotopic (exact) mass is 293 g/mol. The third kappa shape index (κ3) is 3.69. The Morgan fingerprint density at radius 2 is 2.00 bits per heavy atom. The Kier molecular flexibility index (Phi) is 5.10. The lowest BCUT2D eigenvalue weighted by Crippen LogP contribution is -2.37. The third-order valence-electron chi connectivity index (χ3n) is 2.91. The van der Waals surface area contributed by atoms with E-state index < -0.39 is 23.5 Å². The van der Waals surface area contributed by atoms with Crippen molar-refractivity contribution in [1.29, 1.82) is 0 Å². The number of carbonyl (C=O) groups is 1. The van der Waals surface area contributed by atoms with Crippen molar-refractivity contribution in [1.82, 2.24) is 4.90 Å². The van der Waals surface area contributed by atoms with Crippen LogP contribution in [0.25, 0.3) is 0 Å². The van der Waals surface area contributed by atoms with Crippen LogP contribution in [0.3, 0.4) is 0 Å². The van der Waals surface area contributed by atoms with Crippen LogP contribution in [0.1, 0.15) is 22.8 Å². The van der Waals surface area contributed by atoms with Gasteiger partial charge in [-0.2, -0.15) is 13.2 Å². The van der Waals surface area contributed by atoms with Gasteiger partial charge in [0.15, 0.2) is 0 Å². The van der Waals surface area contributed by atoms with Gasteiger partial charge in [-0.05, 0) is 25.1 Å². The summed E-state index contributed by atoms with van der Waals surface area (Å²) in [6.45, 7) is 1.94. The minimum absolute atomic E-state index is 0.218. The van der Waals surface area contributed by atoms with Crippen molar-refractivity contribution in [3.8, 4) is 0 Å². The SMILES string of the molecule is COCC(C)N(C)C(=O)c1ccc(F)c(C(F)(F)F)c1. The van der Waals surface area contributed by atoms with E-state index in [2.05, 4.69) is 0 Å². The van der Waals surface area contributed by atoms with Gasteiger partial charge in [0.05, 0.1) is 18.2 Å². The van der Waals surface area contributed by atoms with Crippen molar-refractivity contribution in [2.24, 2.45) is 0 Å². The number of alkyl halides is 3. The highest BCUT2D eigenvalue weighted by Gasteiger charge is 2.35. The van der Waals surface area contributed by atoms with Gasteiger partial charge < -0.3 is 9.64 Å². The molecule has 0 spiro atoms. The Balaban J connectivity index is 3.06. The number of amides is 1. The molecule has 0 aliphatic rings. The summed E-state index contributed by atoms with van der Waals surface area (Å²) in [5, 5.41) is 0. The molecule has 3 nitrogen and oxygen atoms in total. The highest BCUT2D eigenvalue weighted by molar-refractivity contribution is 5.94. The molecule has 0 saturated heterocycles. The third-order valence-corrected chi connectivity index (χ3v) is 2.91. The Morgan fingerprint density at radius 3 is 2.50 bits per heavy atom. The zero-order valence-electron chi connectivity index (χ0n) is 11.3. The summed E-state index contributed by atoms with van der Waals surface area (Å²) < 4.78 is 55.8. The standard InChI is InChI=1S/C13H15F4NO2/c1-8(7-20-3)18(2)12(19)9-4-5-11(14)10(6-9)13(15,16)17/h4-6,8H,7H2,1-3H3. The van der Waals surface area contributed by atoms with Gasteiger partial charge in [-0.3, -0.25) is 4.79 Å². The topological polar surface area (TPSA) is 29.5 Å². The molecule has 1 atom stereocenters. The number of methoxy groups -OCH3 is 1. The van der Waals surface area contributed by atoms with Crippen LogP contribution in [0.15, 0.2) is 18.2 Å². The number of nitrogens with zero attached hydrogens (tertiary/aromatic N) is 1. The van der Waals surface area contributed by atoms with Crippen molar-refractivity contribution in [2.75, 3.05) is 20.8 Å². The van der Waals surface area contributed by atoms with Gasteiger partial charge in [0, 0.05) is 19.7 Å². The number of benzene rings is 1. The number of halogens is 4. The molecule has 0 radical (unpaired) electrons. The van der Waals surface area contributed by atoms with Crippen LogP contribution >= 0.6 is 0 Å². The van der Waals surface area contributed by atoms with Gasteiger partial charge >= 0.3 is 6.18 Å². The lowest BCUT2D eigenvalue weighted by Gasteiger charge is -2.24. The lowest BCUT2D eigenvalue weighted by atomic mass is 10.1. The zero-order valence-corrected chi connectivity index (χ0v) is 11.3. The van der Waals surface area contributed by atoms with E-state index >= 15 is 0 Å². The molecule has 7 heteroatoms. The summed E-state index contributed by atoms with van der Waals surface area (Å²) >= 11 is 0. The molecule has 0 aromatic heterocycles. The van der Waals surface area contributed by atoms with E-state index in [1.807, 2.05) is 0 Å². The quantitative estimate of drug-likeness (QED) is 0.799. The van der Waals surface area contributed by atoms with E-state index in [0.29, 0.717) is 12.1 Å². The van der Waals surface area contributed by atoms with Crippen LogP contribution in [-0.2, 0) is 10.9 Å². The summed E-state index contributed by atoms with van der Waals surface area (Å²) in [6.07, 6.45) is -4.84. The molecule has 0 aliphatic heterocycles. The number of hydrogen-bond acceptors (Lipinski definition) is 2. The molecule has 1 aromatic rings. The van der Waals surface area contributed by atoms with Crippen LogP contribution in [0.4, 0.5) is 17.6 Å². The molecule has 1 aromatic carbocycles. The molecule has 20 heavy (non-hydrogen) atoms. The van der Waals surface area contributed by atoms with E-state index in [0.717, 1.165) is 6.07 Å². The van der Waals surface area contributed by atoms with Crippen LogP contribution in [0.5, 0.6) is 0 Å². The average molecular weight is 293 g/mol. The summed E-state index contributed by atoms with van der Waals surface area (Å²) in [5.41, 5.74) is -1.67.